The topological polar surface area (TPSA) is 79.8 Å². The number of benzene rings is 3. The average molecular weight is 422 g/mol. The third-order valence-electron chi connectivity index (χ3n) is 4.04. The number of rotatable bonds is 7. The predicted octanol–water partition coefficient (Wildman–Crippen LogP) is 4.43. The molecule has 0 aliphatic heterocycles. The minimum atomic E-state index is -0.551. The molecule has 1 amide bonds. The van der Waals surface area contributed by atoms with E-state index in [1.54, 1.807) is 48.5 Å². The summed E-state index contributed by atoms with van der Waals surface area (Å²) in [5.74, 6) is -0.490. The fourth-order valence-electron chi connectivity index (χ4n) is 2.60. The van der Waals surface area contributed by atoms with Crippen molar-refractivity contribution >= 4 is 35.4 Å². The maximum absolute atomic E-state index is 12.3. The van der Waals surface area contributed by atoms with Crippen molar-refractivity contribution < 1.29 is 14.3 Å². The van der Waals surface area contributed by atoms with Crippen LogP contribution in [0.1, 0.15) is 21.5 Å². The van der Waals surface area contributed by atoms with Crippen molar-refractivity contribution in [2.45, 2.75) is 6.92 Å². The van der Waals surface area contributed by atoms with Crippen molar-refractivity contribution in [3.05, 3.63) is 94.5 Å². The van der Waals surface area contributed by atoms with E-state index in [4.69, 9.17) is 16.3 Å². The van der Waals surface area contributed by atoms with Gasteiger partial charge in [-0.15, -0.1) is 0 Å². The maximum atomic E-state index is 12.3. The van der Waals surface area contributed by atoms with Gasteiger partial charge in [0.1, 0.15) is 5.75 Å². The molecule has 0 aromatic heterocycles. The molecule has 0 radical (unpaired) electrons. The minimum absolute atomic E-state index is 0.0935. The number of amides is 1. The van der Waals surface area contributed by atoms with E-state index in [9.17, 15) is 9.59 Å². The second kappa shape index (κ2) is 10.2. The number of nitrogens with zero attached hydrogens (tertiary/aromatic N) is 1. The molecule has 0 unspecified atom stereocenters. The molecule has 0 bridgehead atoms. The molecule has 0 fully saturated rings. The predicted molar refractivity (Wildman–Crippen MR) is 118 cm³/mol. The summed E-state index contributed by atoms with van der Waals surface area (Å²) < 4.78 is 5.36. The van der Waals surface area contributed by atoms with Gasteiger partial charge in [-0.25, -0.2) is 10.2 Å². The molecule has 0 saturated heterocycles. The standard InChI is InChI=1S/C23H20ClN3O3/c1-16-6-4-8-18(12-16)25-15-22(28)27-26-14-17-7-5-9-19(13-17)30-23(29)20-10-2-3-11-21(20)24/h2-14,25H,15H2,1H3,(H,27,28). The Morgan fingerprint density at radius 2 is 1.83 bits per heavy atom. The number of ether oxygens (including phenoxy) is 1. The van der Waals surface area contributed by atoms with Crippen LogP contribution in [0.4, 0.5) is 5.69 Å². The van der Waals surface area contributed by atoms with Gasteiger partial charge in [-0.1, -0.05) is 48.0 Å². The zero-order valence-electron chi connectivity index (χ0n) is 16.3. The van der Waals surface area contributed by atoms with Gasteiger partial charge in [-0.2, -0.15) is 5.10 Å². The van der Waals surface area contributed by atoms with Gasteiger partial charge in [-0.05, 0) is 54.4 Å². The molecule has 6 nitrogen and oxygen atoms in total. The van der Waals surface area contributed by atoms with E-state index in [0.29, 0.717) is 16.3 Å². The quantitative estimate of drug-likeness (QED) is 0.256. The zero-order chi connectivity index (χ0) is 21.3. The number of hydrogen-bond acceptors (Lipinski definition) is 5. The fraction of sp³-hybridized carbons (Fsp3) is 0.0870. The first kappa shape index (κ1) is 21.1. The summed E-state index contributed by atoms with van der Waals surface area (Å²) in [5, 5.41) is 7.29. The largest absolute Gasteiger partial charge is 0.423 e. The third-order valence-corrected chi connectivity index (χ3v) is 4.37. The molecule has 0 saturated carbocycles. The summed E-state index contributed by atoms with van der Waals surface area (Å²) in [5.41, 5.74) is 5.36. The van der Waals surface area contributed by atoms with Crippen LogP contribution in [0.25, 0.3) is 0 Å². The lowest BCUT2D eigenvalue weighted by molar-refractivity contribution is -0.119. The Morgan fingerprint density at radius 3 is 2.63 bits per heavy atom. The first-order valence-corrected chi connectivity index (χ1v) is 9.58. The van der Waals surface area contributed by atoms with Gasteiger partial charge in [0.25, 0.3) is 5.91 Å². The lowest BCUT2D eigenvalue weighted by Crippen LogP contribution is -2.25. The Kier molecular flexibility index (Phi) is 7.19. The van der Waals surface area contributed by atoms with Crippen LogP contribution in [-0.4, -0.2) is 24.6 Å². The monoisotopic (exact) mass is 421 g/mol. The maximum Gasteiger partial charge on any atom is 0.345 e. The third kappa shape index (κ3) is 6.18. The number of aryl methyl sites for hydroxylation is 1. The van der Waals surface area contributed by atoms with Crippen LogP contribution in [0.15, 0.2) is 77.9 Å². The molecule has 0 aliphatic carbocycles. The van der Waals surface area contributed by atoms with Crippen LogP contribution in [0.3, 0.4) is 0 Å². The molecule has 0 atom stereocenters. The highest BCUT2D eigenvalue weighted by atomic mass is 35.5. The van der Waals surface area contributed by atoms with Gasteiger partial charge in [0, 0.05) is 5.69 Å². The van der Waals surface area contributed by atoms with Gasteiger partial charge >= 0.3 is 5.97 Å². The first-order valence-electron chi connectivity index (χ1n) is 9.20. The number of hydrazone groups is 1. The number of carbonyl (C=O) groups excluding carboxylic acids is 2. The number of nitrogens with one attached hydrogen (secondary N) is 2. The lowest BCUT2D eigenvalue weighted by Gasteiger charge is -2.07. The van der Waals surface area contributed by atoms with Crippen molar-refractivity contribution in [1.82, 2.24) is 5.43 Å². The first-order chi connectivity index (χ1) is 14.5. The molecule has 30 heavy (non-hydrogen) atoms. The molecule has 3 rings (SSSR count). The molecule has 3 aromatic rings. The zero-order valence-corrected chi connectivity index (χ0v) is 17.0. The second-order valence-corrected chi connectivity index (χ2v) is 6.87. The molecule has 7 heteroatoms. The van der Waals surface area contributed by atoms with Gasteiger partial charge in [0.15, 0.2) is 0 Å². The van der Waals surface area contributed by atoms with Crippen LogP contribution in [-0.2, 0) is 4.79 Å². The Bertz CT molecular complexity index is 1080. The van der Waals surface area contributed by atoms with Crippen LogP contribution in [0.5, 0.6) is 5.75 Å². The Labute approximate surface area is 179 Å². The van der Waals surface area contributed by atoms with E-state index < -0.39 is 5.97 Å². The van der Waals surface area contributed by atoms with Crippen molar-refractivity contribution in [3.63, 3.8) is 0 Å². The normalized spacial score (nSPS) is 10.6. The van der Waals surface area contributed by atoms with Crippen LogP contribution < -0.4 is 15.5 Å². The molecular formula is C23H20ClN3O3. The smallest absolute Gasteiger partial charge is 0.345 e. The summed E-state index contributed by atoms with van der Waals surface area (Å²) in [4.78, 5) is 24.2. The van der Waals surface area contributed by atoms with Crippen LogP contribution in [0, 0.1) is 6.92 Å². The van der Waals surface area contributed by atoms with Crippen LogP contribution in [0.2, 0.25) is 5.02 Å². The summed E-state index contributed by atoms with van der Waals surface area (Å²) in [6.07, 6.45) is 1.47. The van der Waals surface area contributed by atoms with Gasteiger partial charge < -0.3 is 10.1 Å². The summed E-state index contributed by atoms with van der Waals surface area (Å²) in [7, 11) is 0. The Morgan fingerprint density at radius 1 is 1.03 bits per heavy atom. The summed E-state index contributed by atoms with van der Waals surface area (Å²) >= 11 is 6.02. The molecule has 0 aliphatic rings. The summed E-state index contributed by atoms with van der Waals surface area (Å²) in [6.45, 7) is 2.08. The lowest BCUT2D eigenvalue weighted by atomic mass is 10.2. The number of anilines is 1. The van der Waals surface area contributed by atoms with E-state index in [0.717, 1.165) is 11.3 Å². The fourth-order valence-corrected chi connectivity index (χ4v) is 2.82. The van der Waals surface area contributed by atoms with E-state index >= 15 is 0 Å². The van der Waals surface area contributed by atoms with Crippen LogP contribution >= 0.6 is 11.6 Å². The van der Waals surface area contributed by atoms with Crippen molar-refractivity contribution in [1.29, 1.82) is 0 Å². The summed E-state index contributed by atoms with van der Waals surface area (Å²) in [6, 6.07) is 21.2. The molecule has 152 valence electrons. The second-order valence-electron chi connectivity index (χ2n) is 6.46. The minimum Gasteiger partial charge on any atom is -0.423 e. The van der Waals surface area contributed by atoms with E-state index in [2.05, 4.69) is 15.8 Å². The van der Waals surface area contributed by atoms with Gasteiger partial charge in [0.2, 0.25) is 0 Å². The highest BCUT2D eigenvalue weighted by Crippen LogP contribution is 2.19. The highest BCUT2D eigenvalue weighted by Gasteiger charge is 2.12. The van der Waals surface area contributed by atoms with Crippen molar-refractivity contribution in [2.75, 3.05) is 11.9 Å². The molecule has 2 N–H and O–H groups in total. The average Bonchev–Trinajstić information content (AvgIpc) is 2.73. The SMILES string of the molecule is Cc1cccc(NCC(=O)NN=Cc2cccc(OC(=O)c3ccccc3Cl)c2)c1. The number of hydrogen-bond donors (Lipinski definition) is 2. The number of halogens is 1. The van der Waals surface area contributed by atoms with Gasteiger partial charge in [-0.3, -0.25) is 4.79 Å². The van der Waals surface area contributed by atoms with E-state index in [-0.39, 0.29) is 18.0 Å². The highest BCUT2D eigenvalue weighted by molar-refractivity contribution is 6.33. The van der Waals surface area contributed by atoms with E-state index in [1.165, 1.54) is 6.21 Å². The van der Waals surface area contributed by atoms with Crippen molar-refractivity contribution in [3.8, 4) is 5.75 Å². The molecule has 3 aromatic carbocycles. The van der Waals surface area contributed by atoms with Crippen molar-refractivity contribution in [2.24, 2.45) is 5.10 Å². The number of esters is 1. The van der Waals surface area contributed by atoms with E-state index in [1.807, 2.05) is 31.2 Å². The molecule has 0 heterocycles. The Hall–Kier alpha value is -3.64. The molecule has 0 spiro atoms. The van der Waals surface area contributed by atoms with Gasteiger partial charge in [0.05, 0.1) is 23.3 Å². The number of carbonyl (C=O) groups is 2. The molecular weight excluding hydrogens is 402 g/mol. The Balaban J connectivity index is 1.53.